The number of hydrogen-bond donors (Lipinski definition) is 1. The maximum Gasteiger partial charge on any atom is 0.0835 e. The second kappa shape index (κ2) is 5.30. The molecule has 1 aromatic carbocycles. The van der Waals surface area contributed by atoms with E-state index < -0.39 is 0 Å². The molecule has 0 aliphatic carbocycles. The highest BCUT2D eigenvalue weighted by Gasteiger charge is 2.12. The molecule has 2 aromatic rings. The van der Waals surface area contributed by atoms with Gasteiger partial charge >= 0.3 is 0 Å². The van der Waals surface area contributed by atoms with Crippen LogP contribution in [0.25, 0.3) is 10.9 Å². The maximum absolute atomic E-state index is 6.30. The third kappa shape index (κ3) is 2.30. The van der Waals surface area contributed by atoms with Gasteiger partial charge in [-0.1, -0.05) is 36.2 Å². The fraction of sp³-hybridized carbons (Fsp3) is 0.385. The number of hydrogen-bond acceptors (Lipinski definition) is 1. The molecule has 0 bridgehead atoms. The van der Waals surface area contributed by atoms with Gasteiger partial charge in [0.15, 0.2) is 0 Å². The van der Waals surface area contributed by atoms with Gasteiger partial charge in [-0.25, -0.2) is 0 Å². The molecule has 1 aromatic heterocycles. The Morgan fingerprint density at radius 2 is 2.06 bits per heavy atom. The molecule has 0 aliphatic rings. The van der Waals surface area contributed by atoms with Gasteiger partial charge in [-0.2, -0.15) is 0 Å². The van der Waals surface area contributed by atoms with Crippen molar-refractivity contribution in [1.29, 1.82) is 0 Å². The van der Waals surface area contributed by atoms with E-state index >= 15 is 0 Å². The summed E-state index contributed by atoms with van der Waals surface area (Å²) in [5.74, 6) is 0. The first-order valence-corrected chi connectivity index (χ1v) is 6.60. The molecule has 0 aliphatic heterocycles. The van der Waals surface area contributed by atoms with Crippen LogP contribution < -0.4 is 5.73 Å². The molecule has 0 atom stereocenters. The second-order valence-corrected chi connectivity index (χ2v) is 4.93. The van der Waals surface area contributed by atoms with Gasteiger partial charge in [0.2, 0.25) is 0 Å². The highest BCUT2D eigenvalue weighted by atomic mass is 35.5. The van der Waals surface area contributed by atoms with Crippen molar-refractivity contribution in [3.05, 3.63) is 33.9 Å². The summed E-state index contributed by atoms with van der Waals surface area (Å²) in [5, 5.41) is 2.41. The number of halogens is 2. The van der Waals surface area contributed by atoms with Crippen LogP contribution in [-0.4, -0.2) is 11.1 Å². The second-order valence-electron chi connectivity index (χ2n) is 4.14. The van der Waals surface area contributed by atoms with Gasteiger partial charge in [0.1, 0.15) is 0 Å². The monoisotopic (exact) mass is 270 g/mol. The van der Waals surface area contributed by atoms with Gasteiger partial charge in [-0.3, -0.25) is 0 Å². The van der Waals surface area contributed by atoms with Crippen LogP contribution in [0.3, 0.4) is 0 Å². The van der Waals surface area contributed by atoms with Gasteiger partial charge in [0.05, 0.1) is 15.6 Å². The molecular weight excluding hydrogens is 255 g/mol. The van der Waals surface area contributed by atoms with E-state index in [1.165, 1.54) is 10.9 Å². The molecular formula is C13H16Cl2N2. The van der Waals surface area contributed by atoms with E-state index in [9.17, 15) is 0 Å². The van der Waals surface area contributed by atoms with Crippen LogP contribution in [-0.2, 0) is 13.0 Å². The number of rotatable bonds is 4. The minimum absolute atomic E-state index is 0.605. The largest absolute Gasteiger partial charge is 0.346 e. The van der Waals surface area contributed by atoms with E-state index in [1.54, 1.807) is 0 Å². The summed E-state index contributed by atoms with van der Waals surface area (Å²) < 4.78 is 2.18. The fourth-order valence-electron chi connectivity index (χ4n) is 2.17. The Kier molecular flexibility index (Phi) is 3.97. The van der Waals surface area contributed by atoms with Crippen molar-refractivity contribution in [3.63, 3.8) is 0 Å². The van der Waals surface area contributed by atoms with Crippen molar-refractivity contribution in [2.24, 2.45) is 5.73 Å². The standard InChI is InChI=1S/C13H16Cl2N2/c1-2-7-17-8-9(5-6-16)10-3-4-11(14)12(15)13(10)17/h3-4,8H,2,5-7,16H2,1H3. The average molecular weight is 271 g/mol. The Bertz CT molecular complexity index is 532. The highest BCUT2D eigenvalue weighted by Crippen LogP contribution is 2.34. The fourth-order valence-corrected chi connectivity index (χ4v) is 2.60. The summed E-state index contributed by atoms with van der Waals surface area (Å²) in [6.45, 7) is 3.74. The van der Waals surface area contributed by atoms with E-state index in [4.69, 9.17) is 28.9 Å². The summed E-state index contributed by atoms with van der Waals surface area (Å²) in [6, 6.07) is 3.88. The first-order valence-electron chi connectivity index (χ1n) is 5.84. The first kappa shape index (κ1) is 12.7. The predicted octanol–water partition coefficient (Wildman–Crippen LogP) is 3.86. The topological polar surface area (TPSA) is 30.9 Å². The molecule has 0 fully saturated rings. The average Bonchev–Trinajstić information content (AvgIpc) is 2.64. The van der Waals surface area contributed by atoms with Gasteiger partial charge in [0, 0.05) is 18.1 Å². The summed E-state index contributed by atoms with van der Waals surface area (Å²) in [6.07, 6.45) is 4.07. The smallest absolute Gasteiger partial charge is 0.0835 e. The predicted molar refractivity (Wildman–Crippen MR) is 75.0 cm³/mol. The number of fused-ring (bicyclic) bond motifs is 1. The normalized spacial score (nSPS) is 11.3. The van der Waals surface area contributed by atoms with Crippen LogP contribution in [0, 0.1) is 0 Å². The van der Waals surface area contributed by atoms with Gasteiger partial charge in [-0.05, 0) is 31.0 Å². The van der Waals surface area contributed by atoms with Gasteiger partial charge < -0.3 is 10.3 Å². The lowest BCUT2D eigenvalue weighted by Gasteiger charge is -2.05. The molecule has 0 amide bonds. The zero-order valence-corrected chi connectivity index (χ0v) is 11.4. The van der Waals surface area contributed by atoms with Crippen molar-refractivity contribution in [2.75, 3.05) is 6.54 Å². The number of nitrogens with zero attached hydrogens (tertiary/aromatic N) is 1. The van der Waals surface area contributed by atoms with Crippen LogP contribution in [0.5, 0.6) is 0 Å². The van der Waals surface area contributed by atoms with E-state index in [-0.39, 0.29) is 0 Å². The van der Waals surface area contributed by atoms with Crippen LogP contribution in [0.4, 0.5) is 0 Å². The summed E-state index contributed by atoms with van der Waals surface area (Å²) in [7, 11) is 0. The molecule has 2 rings (SSSR count). The molecule has 4 heteroatoms. The Morgan fingerprint density at radius 1 is 1.29 bits per heavy atom. The van der Waals surface area contributed by atoms with Gasteiger partial charge in [-0.15, -0.1) is 0 Å². The van der Waals surface area contributed by atoms with E-state index in [0.717, 1.165) is 24.9 Å². The lowest BCUT2D eigenvalue weighted by molar-refractivity contribution is 0.700. The van der Waals surface area contributed by atoms with Crippen molar-refractivity contribution in [3.8, 4) is 0 Å². The Hall–Kier alpha value is -0.700. The van der Waals surface area contributed by atoms with E-state index in [2.05, 4.69) is 17.7 Å². The Balaban J connectivity index is 2.67. The number of nitrogens with two attached hydrogens (primary N) is 1. The van der Waals surface area contributed by atoms with Crippen molar-refractivity contribution in [1.82, 2.24) is 4.57 Å². The summed E-state index contributed by atoms with van der Waals surface area (Å²) in [5.41, 5.74) is 7.91. The third-order valence-corrected chi connectivity index (χ3v) is 3.69. The van der Waals surface area contributed by atoms with Crippen LogP contribution in [0.15, 0.2) is 18.3 Å². The minimum Gasteiger partial charge on any atom is -0.346 e. The lowest BCUT2D eigenvalue weighted by Crippen LogP contribution is -2.02. The molecule has 2 N–H and O–H groups in total. The third-order valence-electron chi connectivity index (χ3n) is 2.89. The van der Waals surface area contributed by atoms with Crippen molar-refractivity contribution in [2.45, 2.75) is 26.3 Å². The number of benzene rings is 1. The van der Waals surface area contributed by atoms with Crippen LogP contribution >= 0.6 is 23.2 Å². The molecule has 0 unspecified atom stereocenters. The molecule has 1 heterocycles. The molecule has 2 nitrogen and oxygen atoms in total. The number of aryl methyl sites for hydroxylation is 1. The Labute approximate surface area is 111 Å². The van der Waals surface area contributed by atoms with Crippen molar-refractivity contribution < 1.29 is 0 Å². The molecule has 0 saturated heterocycles. The summed E-state index contributed by atoms with van der Waals surface area (Å²) >= 11 is 12.4. The van der Waals surface area contributed by atoms with Crippen molar-refractivity contribution >= 4 is 34.1 Å². The molecule has 17 heavy (non-hydrogen) atoms. The first-order chi connectivity index (χ1) is 8.19. The summed E-state index contributed by atoms with van der Waals surface area (Å²) in [4.78, 5) is 0. The highest BCUT2D eigenvalue weighted by molar-refractivity contribution is 6.45. The molecule has 0 saturated carbocycles. The lowest BCUT2D eigenvalue weighted by atomic mass is 10.1. The van der Waals surface area contributed by atoms with E-state index in [0.29, 0.717) is 16.6 Å². The quantitative estimate of drug-likeness (QED) is 0.899. The Morgan fingerprint density at radius 3 is 2.71 bits per heavy atom. The van der Waals surface area contributed by atoms with Crippen LogP contribution in [0.2, 0.25) is 10.0 Å². The van der Waals surface area contributed by atoms with Crippen LogP contribution in [0.1, 0.15) is 18.9 Å². The number of aromatic nitrogens is 1. The van der Waals surface area contributed by atoms with E-state index in [1.807, 2.05) is 12.1 Å². The molecule has 92 valence electrons. The molecule has 0 radical (unpaired) electrons. The zero-order chi connectivity index (χ0) is 12.4. The zero-order valence-electron chi connectivity index (χ0n) is 9.84. The van der Waals surface area contributed by atoms with Gasteiger partial charge in [0.25, 0.3) is 0 Å². The SMILES string of the molecule is CCCn1cc(CCN)c2ccc(Cl)c(Cl)c21. The maximum atomic E-state index is 6.30. The molecule has 0 spiro atoms. The minimum atomic E-state index is 0.605.